The van der Waals surface area contributed by atoms with Gasteiger partial charge < -0.3 is 10.5 Å². The van der Waals surface area contributed by atoms with Gasteiger partial charge in [0.25, 0.3) is 0 Å². The SMILES string of the molecule is COc1ccccc1CC(N)c1c(C)nn(C)c1C. The normalized spacial score (nSPS) is 12.5. The number of methoxy groups -OCH3 is 1. The van der Waals surface area contributed by atoms with Gasteiger partial charge in [-0.3, -0.25) is 4.68 Å². The Morgan fingerprint density at radius 2 is 2.00 bits per heavy atom. The zero-order valence-electron chi connectivity index (χ0n) is 12.0. The molecule has 4 nitrogen and oxygen atoms in total. The average Bonchev–Trinajstić information content (AvgIpc) is 2.64. The van der Waals surface area contributed by atoms with Crippen LogP contribution in [-0.2, 0) is 13.5 Å². The Morgan fingerprint density at radius 3 is 2.58 bits per heavy atom. The molecule has 102 valence electrons. The molecule has 2 rings (SSSR count). The van der Waals surface area contributed by atoms with Gasteiger partial charge in [-0.05, 0) is 31.9 Å². The number of aromatic nitrogens is 2. The number of benzene rings is 1. The summed E-state index contributed by atoms with van der Waals surface area (Å²) in [7, 11) is 3.63. The molecule has 0 bridgehead atoms. The zero-order chi connectivity index (χ0) is 14.0. The van der Waals surface area contributed by atoms with Crippen molar-refractivity contribution in [2.75, 3.05) is 7.11 Å². The molecule has 0 radical (unpaired) electrons. The molecular weight excluding hydrogens is 238 g/mol. The number of ether oxygens (including phenoxy) is 1. The third kappa shape index (κ3) is 2.63. The highest BCUT2D eigenvalue weighted by Crippen LogP contribution is 2.26. The maximum atomic E-state index is 6.36. The smallest absolute Gasteiger partial charge is 0.122 e. The molecule has 1 aromatic carbocycles. The van der Waals surface area contributed by atoms with E-state index < -0.39 is 0 Å². The molecule has 1 unspecified atom stereocenters. The molecular formula is C15H21N3O. The van der Waals surface area contributed by atoms with Crippen molar-refractivity contribution in [1.82, 2.24) is 9.78 Å². The highest BCUT2D eigenvalue weighted by molar-refractivity contribution is 5.36. The fourth-order valence-electron chi connectivity index (χ4n) is 2.54. The number of aryl methyl sites for hydroxylation is 2. The fraction of sp³-hybridized carbons (Fsp3) is 0.400. The second-order valence-corrected chi connectivity index (χ2v) is 4.83. The maximum Gasteiger partial charge on any atom is 0.122 e. The van der Waals surface area contributed by atoms with Gasteiger partial charge in [0.05, 0.1) is 12.8 Å². The lowest BCUT2D eigenvalue weighted by atomic mass is 9.97. The van der Waals surface area contributed by atoms with Gasteiger partial charge in [0.15, 0.2) is 0 Å². The lowest BCUT2D eigenvalue weighted by Gasteiger charge is -2.15. The Hall–Kier alpha value is -1.81. The first-order chi connectivity index (χ1) is 9.04. The van der Waals surface area contributed by atoms with Crippen LogP contribution in [0.3, 0.4) is 0 Å². The van der Waals surface area contributed by atoms with Crippen molar-refractivity contribution in [2.45, 2.75) is 26.3 Å². The van der Waals surface area contributed by atoms with Crippen LogP contribution in [0.4, 0.5) is 0 Å². The van der Waals surface area contributed by atoms with E-state index in [0.29, 0.717) is 0 Å². The van der Waals surface area contributed by atoms with Crippen LogP contribution in [0.15, 0.2) is 24.3 Å². The molecule has 1 aromatic heterocycles. The van der Waals surface area contributed by atoms with Crippen LogP contribution in [0, 0.1) is 13.8 Å². The number of nitrogens with two attached hydrogens (primary N) is 1. The number of nitrogens with zero attached hydrogens (tertiary/aromatic N) is 2. The highest BCUT2D eigenvalue weighted by Gasteiger charge is 2.18. The third-order valence-corrected chi connectivity index (χ3v) is 3.57. The van der Waals surface area contributed by atoms with Crippen molar-refractivity contribution >= 4 is 0 Å². The van der Waals surface area contributed by atoms with Gasteiger partial charge >= 0.3 is 0 Å². The van der Waals surface area contributed by atoms with Crippen LogP contribution in [0.2, 0.25) is 0 Å². The Morgan fingerprint density at radius 1 is 1.32 bits per heavy atom. The van der Waals surface area contributed by atoms with Gasteiger partial charge in [-0.2, -0.15) is 5.10 Å². The van der Waals surface area contributed by atoms with E-state index in [1.54, 1.807) is 7.11 Å². The quantitative estimate of drug-likeness (QED) is 0.916. The minimum atomic E-state index is -0.0648. The summed E-state index contributed by atoms with van der Waals surface area (Å²) >= 11 is 0. The topological polar surface area (TPSA) is 53.1 Å². The lowest BCUT2D eigenvalue weighted by Crippen LogP contribution is -2.15. The summed E-state index contributed by atoms with van der Waals surface area (Å²) < 4.78 is 7.25. The summed E-state index contributed by atoms with van der Waals surface area (Å²) in [5.74, 6) is 0.886. The van der Waals surface area contributed by atoms with E-state index in [9.17, 15) is 0 Å². The summed E-state index contributed by atoms with van der Waals surface area (Å²) in [5, 5.41) is 4.42. The molecule has 1 heterocycles. The number of hydrogen-bond acceptors (Lipinski definition) is 3. The first kappa shape index (κ1) is 13.6. The van der Waals surface area contributed by atoms with E-state index >= 15 is 0 Å². The Labute approximate surface area is 114 Å². The predicted octanol–water partition coefficient (Wildman–Crippen LogP) is 2.29. The van der Waals surface area contributed by atoms with Crippen molar-refractivity contribution < 1.29 is 4.74 Å². The summed E-state index contributed by atoms with van der Waals surface area (Å²) in [6, 6.07) is 7.93. The molecule has 0 saturated heterocycles. The van der Waals surface area contributed by atoms with Crippen LogP contribution in [0.5, 0.6) is 5.75 Å². The van der Waals surface area contributed by atoms with Gasteiger partial charge in [-0.1, -0.05) is 18.2 Å². The van der Waals surface area contributed by atoms with Crippen molar-refractivity contribution in [2.24, 2.45) is 12.8 Å². The fourth-order valence-corrected chi connectivity index (χ4v) is 2.54. The lowest BCUT2D eigenvalue weighted by molar-refractivity contribution is 0.408. The van der Waals surface area contributed by atoms with E-state index in [-0.39, 0.29) is 6.04 Å². The summed E-state index contributed by atoms with van der Waals surface area (Å²) in [6.45, 7) is 4.06. The zero-order valence-corrected chi connectivity index (χ0v) is 12.0. The summed E-state index contributed by atoms with van der Waals surface area (Å²) in [5.41, 5.74) is 10.7. The second kappa shape index (κ2) is 5.45. The monoisotopic (exact) mass is 259 g/mol. The number of rotatable bonds is 4. The molecule has 19 heavy (non-hydrogen) atoms. The van der Waals surface area contributed by atoms with Crippen LogP contribution in [-0.4, -0.2) is 16.9 Å². The number of hydrogen-bond donors (Lipinski definition) is 1. The minimum Gasteiger partial charge on any atom is -0.496 e. The van der Waals surface area contributed by atoms with Crippen molar-refractivity contribution in [1.29, 1.82) is 0 Å². The molecule has 1 atom stereocenters. The van der Waals surface area contributed by atoms with Crippen LogP contribution < -0.4 is 10.5 Å². The molecule has 2 aromatic rings. The largest absolute Gasteiger partial charge is 0.496 e. The Kier molecular flexibility index (Phi) is 3.90. The highest BCUT2D eigenvalue weighted by atomic mass is 16.5. The molecule has 0 fully saturated rings. The molecule has 0 aliphatic carbocycles. The van der Waals surface area contributed by atoms with Crippen LogP contribution in [0.25, 0.3) is 0 Å². The van der Waals surface area contributed by atoms with E-state index in [1.165, 1.54) is 0 Å². The van der Waals surface area contributed by atoms with Gasteiger partial charge in [0, 0.05) is 24.3 Å². The molecule has 0 saturated carbocycles. The standard InChI is InChI=1S/C15H21N3O/c1-10-15(11(2)18(3)17-10)13(16)9-12-7-5-6-8-14(12)19-4/h5-8,13H,9,16H2,1-4H3. The minimum absolute atomic E-state index is 0.0648. The van der Waals surface area contributed by atoms with E-state index in [1.807, 2.05) is 36.9 Å². The second-order valence-electron chi connectivity index (χ2n) is 4.83. The maximum absolute atomic E-state index is 6.36. The Balaban J connectivity index is 2.28. The first-order valence-electron chi connectivity index (χ1n) is 6.42. The number of para-hydroxylation sites is 1. The van der Waals surface area contributed by atoms with Crippen molar-refractivity contribution in [3.8, 4) is 5.75 Å². The van der Waals surface area contributed by atoms with Crippen LogP contribution in [0.1, 0.15) is 28.6 Å². The van der Waals surface area contributed by atoms with E-state index in [0.717, 1.165) is 34.7 Å². The van der Waals surface area contributed by atoms with Gasteiger partial charge in [-0.25, -0.2) is 0 Å². The first-order valence-corrected chi connectivity index (χ1v) is 6.42. The van der Waals surface area contributed by atoms with Gasteiger partial charge in [0.1, 0.15) is 5.75 Å². The van der Waals surface area contributed by atoms with E-state index in [2.05, 4.69) is 18.1 Å². The summed E-state index contributed by atoms with van der Waals surface area (Å²) in [6.07, 6.45) is 0.747. The van der Waals surface area contributed by atoms with E-state index in [4.69, 9.17) is 10.5 Å². The van der Waals surface area contributed by atoms with Crippen LogP contribution >= 0.6 is 0 Å². The van der Waals surface area contributed by atoms with Gasteiger partial charge in [-0.15, -0.1) is 0 Å². The Bertz CT molecular complexity index is 575. The molecule has 0 spiro atoms. The average molecular weight is 259 g/mol. The molecule has 0 aliphatic heterocycles. The molecule has 0 aliphatic rings. The molecule has 4 heteroatoms. The van der Waals surface area contributed by atoms with Gasteiger partial charge in [0.2, 0.25) is 0 Å². The van der Waals surface area contributed by atoms with Crippen molar-refractivity contribution in [3.63, 3.8) is 0 Å². The molecule has 0 amide bonds. The third-order valence-electron chi connectivity index (χ3n) is 3.57. The molecule has 2 N–H and O–H groups in total. The predicted molar refractivity (Wildman–Crippen MR) is 76.3 cm³/mol. The summed E-state index contributed by atoms with van der Waals surface area (Å²) in [4.78, 5) is 0. The van der Waals surface area contributed by atoms with Crippen molar-refractivity contribution in [3.05, 3.63) is 46.8 Å².